The maximum absolute atomic E-state index is 12.7. The van der Waals surface area contributed by atoms with Gasteiger partial charge in [0.25, 0.3) is 5.91 Å². The summed E-state index contributed by atoms with van der Waals surface area (Å²) in [4.78, 5) is 16.1. The van der Waals surface area contributed by atoms with E-state index in [1.165, 1.54) is 12.1 Å². The van der Waals surface area contributed by atoms with E-state index in [0.29, 0.717) is 18.0 Å². The van der Waals surface area contributed by atoms with Gasteiger partial charge in [0.1, 0.15) is 23.9 Å². The SMILES string of the molecule is Cn1ccnc1COc1ccc(NC(=O)COc2cccc(C(F)(F)F)c2)cc1. The van der Waals surface area contributed by atoms with Gasteiger partial charge >= 0.3 is 6.18 Å². The third-order valence-electron chi connectivity index (χ3n) is 3.96. The van der Waals surface area contributed by atoms with E-state index in [4.69, 9.17) is 9.47 Å². The number of aryl methyl sites for hydroxylation is 1. The molecule has 0 radical (unpaired) electrons. The molecule has 1 N–H and O–H groups in total. The standard InChI is InChI=1S/C20H18F3N3O3/c1-26-10-9-24-18(26)12-28-16-7-5-15(6-8-16)25-19(27)13-29-17-4-2-3-14(11-17)20(21,22)23/h2-11H,12-13H2,1H3,(H,25,27). The molecule has 0 atom stereocenters. The predicted molar refractivity (Wildman–Crippen MR) is 99.6 cm³/mol. The minimum atomic E-state index is -4.47. The van der Waals surface area contributed by atoms with E-state index in [1.54, 1.807) is 30.5 Å². The molecule has 3 aromatic rings. The lowest BCUT2D eigenvalue weighted by Gasteiger charge is -2.11. The second-order valence-corrected chi connectivity index (χ2v) is 6.13. The number of benzene rings is 2. The number of carbonyl (C=O) groups excluding carboxylic acids is 1. The van der Waals surface area contributed by atoms with Gasteiger partial charge < -0.3 is 19.4 Å². The summed E-state index contributed by atoms with van der Waals surface area (Å²) in [6.45, 7) is -0.112. The highest BCUT2D eigenvalue weighted by atomic mass is 19.4. The van der Waals surface area contributed by atoms with E-state index in [-0.39, 0.29) is 5.75 Å². The van der Waals surface area contributed by atoms with Crippen LogP contribution in [0.4, 0.5) is 18.9 Å². The van der Waals surface area contributed by atoms with Crippen LogP contribution in [-0.2, 0) is 24.6 Å². The van der Waals surface area contributed by atoms with Gasteiger partial charge in [-0.3, -0.25) is 4.79 Å². The van der Waals surface area contributed by atoms with Gasteiger partial charge in [-0.2, -0.15) is 13.2 Å². The molecule has 0 saturated carbocycles. The molecule has 1 amide bonds. The number of anilines is 1. The number of hydrogen-bond acceptors (Lipinski definition) is 4. The zero-order valence-electron chi connectivity index (χ0n) is 15.4. The Morgan fingerprint density at radius 1 is 1.10 bits per heavy atom. The molecule has 1 aromatic heterocycles. The summed E-state index contributed by atoms with van der Waals surface area (Å²) in [5.41, 5.74) is -0.330. The van der Waals surface area contributed by atoms with Crippen LogP contribution in [0.2, 0.25) is 0 Å². The van der Waals surface area contributed by atoms with E-state index >= 15 is 0 Å². The number of nitrogens with one attached hydrogen (secondary N) is 1. The second-order valence-electron chi connectivity index (χ2n) is 6.13. The lowest BCUT2D eigenvalue weighted by molar-refractivity contribution is -0.137. The highest BCUT2D eigenvalue weighted by molar-refractivity contribution is 5.91. The summed E-state index contributed by atoms with van der Waals surface area (Å²) >= 11 is 0. The molecular weight excluding hydrogens is 387 g/mol. The van der Waals surface area contributed by atoms with Gasteiger partial charge in [0.05, 0.1) is 5.56 Å². The summed E-state index contributed by atoms with van der Waals surface area (Å²) in [5.74, 6) is 0.845. The van der Waals surface area contributed by atoms with Crippen molar-refractivity contribution in [2.24, 2.45) is 7.05 Å². The number of halogens is 3. The smallest absolute Gasteiger partial charge is 0.416 e. The number of carbonyl (C=O) groups is 1. The lowest BCUT2D eigenvalue weighted by atomic mass is 10.2. The fourth-order valence-electron chi connectivity index (χ4n) is 2.43. The van der Waals surface area contributed by atoms with Crippen LogP contribution in [0.5, 0.6) is 11.5 Å². The molecule has 0 aliphatic rings. The van der Waals surface area contributed by atoms with Gasteiger partial charge in [-0.05, 0) is 42.5 Å². The zero-order chi connectivity index (χ0) is 20.9. The molecular formula is C20H18F3N3O3. The third kappa shape index (κ3) is 5.74. The van der Waals surface area contributed by atoms with Gasteiger partial charge in [0.15, 0.2) is 6.61 Å². The van der Waals surface area contributed by atoms with Crippen LogP contribution in [0.3, 0.4) is 0 Å². The Bertz CT molecular complexity index is 969. The van der Waals surface area contributed by atoms with Gasteiger partial charge in [-0.1, -0.05) is 6.07 Å². The van der Waals surface area contributed by atoms with Crippen molar-refractivity contribution < 1.29 is 27.4 Å². The summed E-state index contributed by atoms with van der Waals surface area (Å²) in [5, 5.41) is 2.60. The molecule has 6 nitrogen and oxygen atoms in total. The summed E-state index contributed by atoms with van der Waals surface area (Å²) in [6.07, 6.45) is -0.973. The molecule has 0 fully saturated rings. The van der Waals surface area contributed by atoms with Gasteiger partial charge in [-0.15, -0.1) is 0 Å². The molecule has 152 valence electrons. The van der Waals surface area contributed by atoms with E-state index < -0.39 is 24.3 Å². The maximum Gasteiger partial charge on any atom is 0.416 e. The van der Waals surface area contributed by atoms with Crippen LogP contribution < -0.4 is 14.8 Å². The number of alkyl halides is 3. The van der Waals surface area contributed by atoms with E-state index in [9.17, 15) is 18.0 Å². The van der Waals surface area contributed by atoms with Crippen LogP contribution in [0, 0.1) is 0 Å². The second kappa shape index (κ2) is 8.68. The van der Waals surface area contributed by atoms with Crippen LogP contribution in [0.15, 0.2) is 60.9 Å². The predicted octanol–water partition coefficient (Wildman–Crippen LogP) is 4.04. The number of ether oxygens (including phenoxy) is 2. The Morgan fingerprint density at radius 3 is 2.52 bits per heavy atom. The first-order valence-corrected chi connectivity index (χ1v) is 8.60. The first-order valence-electron chi connectivity index (χ1n) is 8.60. The van der Waals surface area contributed by atoms with Crippen molar-refractivity contribution in [1.82, 2.24) is 9.55 Å². The largest absolute Gasteiger partial charge is 0.486 e. The average Bonchev–Trinajstić information content (AvgIpc) is 3.10. The number of imidazole rings is 1. The molecule has 3 rings (SSSR count). The van der Waals surface area contributed by atoms with E-state index in [2.05, 4.69) is 10.3 Å². The van der Waals surface area contributed by atoms with Crippen LogP contribution in [-0.4, -0.2) is 22.1 Å². The van der Waals surface area contributed by atoms with Crippen molar-refractivity contribution >= 4 is 11.6 Å². The molecule has 0 saturated heterocycles. The Morgan fingerprint density at radius 2 is 1.86 bits per heavy atom. The Hall–Kier alpha value is -3.49. The minimum absolute atomic E-state index is 0.0343. The summed E-state index contributed by atoms with van der Waals surface area (Å²) in [7, 11) is 1.87. The fraction of sp³-hybridized carbons (Fsp3) is 0.200. The van der Waals surface area contributed by atoms with Crippen LogP contribution in [0.1, 0.15) is 11.4 Å². The summed E-state index contributed by atoms with van der Waals surface area (Å²) < 4.78 is 50.7. The van der Waals surface area contributed by atoms with Gasteiger partial charge in [0, 0.05) is 25.1 Å². The Labute approximate surface area is 164 Å². The number of aromatic nitrogens is 2. The number of rotatable bonds is 7. The monoisotopic (exact) mass is 405 g/mol. The molecule has 0 bridgehead atoms. The van der Waals surface area contributed by atoms with Crippen molar-refractivity contribution in [3.05, 3.63) is 72.3 Å². The first-order chi connectivity index (χ1) is 13.8. The highest BCUT2D eigenvalue weighted by Gasteiger charge is 2.30. The van der Waals surface area contributed by atoms with E-state index in [0.717, 1.165) is 18.0 Å². The van der Waals surface area contributed by atoms with Crippen LogP contribution in [0.25, 0.3) is 0 Å². The van der Waals surface area contributed by atoms with Crippen LogP contribution >= 0.6 is 0 Å². The van der Waals surface area contributed by atoms with Crippen molar-refractivity contribution in [3.8, 4) is 11.5 Å². The van der Waals surface area contributed by atoms with Crippen molar-refractivity contribution in [2.75, 3.05) is 11.9 Å². The van der Waals surface area contributed by atoms with Crippen molar-refractivity contribution in [1.29, 1.82) is 0 Å². The Balaban J connectivity index is 1.49. The average molecular weight is 405 g/mol. The van der Waals surface area contributed by atoms with Crippen molar-refractivity contribution in [3.63, 3.8) is 0 Å². The molecule has 0 spiro atoms. The number of nitrogens with zero attached hydrogens (tertiary/aromatic N) is 2. The first kappa shape index (κ1) is 20.2. The maximum atomic E-state index is 12.7. The summed E-state index contributed by atoms with van der Waals surface area (Å²) in [6, 6.07) is 11.0. The molecule has 1 heterocycles. The van der Waals surface area contributed by atoms with Gasteiger partial charge in [0.2, 0.25) is 0 Å². The number of amides is 1. The molecule has 0 aliphatic heterocycles. The molecule has 2 aromatic carbocycles. The fourth-order valence-corrected chi connectivity index (χ4v) is 2.43. The lowest BCUT2D eigenvalue weighted by Crippen LogP contribution is -2.20. The highest BCUT2D eigenvalue weighted by Crippen LogP contribution is 2.31. The molecule has 9 heteroatoms. The van der Waals surface area contributed by atoms with Gasteiger partial charge in [-0.25, -0.2) is 4.98 Å². The van der Waals surface area contributed by atoms with Crippen molar-refractivity contribution in [2.45, 2.75) is 12.8 Å². The quantitative estimate of drug-likeness (QED) is 0.645. The number of hydrogen-bond donors (Lipinski definition) is 1. The molecule has 0 unspecified atom stereocenters. The molecule has 0 aliphatic carbocycles. The molecule has 29 heavy (non-hydrogen) atoms. The zero-order valence-corrected chi connectivity index (χ0v) is 15.4. The normalized spacial score (nSPS) is 11.2. The minimum Gasteiger partial charge on any atom is -0.486 e. The Kier molecular flexibility index (Phi) is 6.06. The topological polar surface area (TPSA) is 65.4 Å². The third-order valence-corrected chi connectivity index (χ3v) is 3.96. The van der Waals surface area contributed by atoms with E-state index in [1.807, 2.05) is 17.8 Å².